The molecule has 0 aliphatic rings. The minimum absolute atomic E-state index is 0.0677. The SMILES string of the molecule is O=C(CCCCCl)Nc1ncn[nH]1. The van der Waals surface area contributed by atoms with E-state index in [1.54, 1.807) is 0 Å². The van der Waals surface area contributed by atoms with E-state index in [4.69, 9.17) is 11.6 Å². The van der Waals surface area contributed by atoms with E-state index < -0.39 is 0 Å². The van der Waals surface area contributed by atoms with Crippen LogP contribution >= 0.6 is 11.6 Å². The minimum Gasteiger partial charge on any atom is -0.295 e. The molecule has 0 aromatic carbocycles. The number of hydrogen-bond donors (Lipinski definition) is 2. The van der Waals surface area contributed by atoms with Crippen LogP contribution in [-0.4, -0.2) is 27.0 Å². The summed E-state index contributed by atoms with van der Waals surface area (Å²) in [5.74, 6) is 0.910. The third-order valence-corrected chi connectivity index (χ3v) is 1.73. The number of carbonyl (C=O) groups is 1. The van der Waals surface area contributed by atoms with Crippen LogP contribution < -0.4 is 5.32 Å². The highest BCUT2D eigenvalue weighted by Gasteiger charge is 2.02. The van der Waals surface area contributed by atoms with Crippen molar-refractivity contribution in [2.24, 2.45) is 0 Å². The van der Waals surface area contributed by atoms with E-state index >= 15 is 0 Å². The Labute approximate surface area is 80.9 Å². The topological polar surface area (TPSA) is 70.7 Å². The van der Waals surface area contributed by atoms with Crippen LogP contribution in [0.2, 0.25) is 0 Å². The Morgan fingerprint density at radius 1 is 1.62 bits per heavy atom. The fourth-order valence-electron chi connectivity index (χ4n) is 0.840. The maximum absolute atomic E-state index is 11.1. The van der Waals surface area contributed by atoms with Crippen molar-refractivity contribution >= 4 is 23.5 Å². The predicted octanol–water partition coefficient (Wildman–Crippen LogP) is 1.15. The summed E-state index contributed by atoms with van der Waals surface area (Å²) >= 11 is 5.47. The smallest absolute Gasteiger partial charge is 0.226 e. The van der Waals surface area contributed by atoms with Crippen molar-refractivity contribution in [2.45, 2.75) is 19.3 Å². The summed E-state index contributed by atoms with van der Waals surface area (Å²) in [6.45, 7) is 0. The van der Waals surface area contributed by atoms with Crippen LogP contribution in [0.4, 0.5) is 5.95 Å². The molecule has 0 fully saturated rings. The van der Waals surface area contributed by atoms with E-state index in [1.165, 1.54) is 6.33 Å². The van der Waals surface area contributed by atoms with Gasteiger partial charge in [0.25, 0.3) is 0 Å². The highest BCUT2D eigenvalue weighted by molar-refractivity contribution is 6.17. The molecule has 0 bridgehead atoms. The first-order chi connectivity index (χ1) is 6.33. The average molecular weight is 203 g/mol. The van der Waals surface area contributed by atoms with Gasteiger partial charge in [0.15, 0.2) is 0 Å². The zero-order valence-corrected chi connectivity index (χ0v) is 7.84. The van der Waals surface area contributed by atoms with Crippen molar-refractivity contribution in [3.63, 3.8) is 0 Å². The molecule has 1 rings (SSSR count). The number of nitrogens with zero attached hydrogens (tertiary/aromatic N) is 2. The van der Waals surface area contributed by atoms with Crippen LogP contribution in [0.3, 0.4) is 0 Å². The number of carbonyl (C=O) groups excluding carboxylic acids is 1. The lowest BCUT2D eigenvalue weighted by atomic mass is 10.2. The number of rotatable bonds is 5. The Hall–Kier alpha value is -1.10. The highest BCUT2D eigenvalue weighted by Crippen LogP contribution is 2.00. The summed E-state index contributed by atoms with van der Waals surface area (Å²) in [6, 6.07) is 0. The number of aromatic amines is 1. The molecule has 2 N–H and O–H groups in total. The third kappa shape index (κ3) is 3.89. The Morgan fingerprint density at radius 3 is 3.08 bits per heavy atom. The largest absolute Gasteiger partial charge is 0.295 e. The van der Waals surface area contributed by atoms with Gasteiger partial charge >= 0.3 is 0 Å². The fourth-order valence-corrected chi connectivity index (χ4v) is 1.03. The third-order valence-electron chi connectivity index (χ3n) is 1.46. The second kappa shape index (κ2) is 5.53. The molecule has 0 aliphatic carbocycles. The molecule has 0 radical (unpaired) electrons. The molecule has 6 heteroatoms. The number of H-pyrrole nitrogens is 1. The van der Waals surface area contributed by atoms with Gasteiger partial charge in [0, 0.05) is 12.3 Å². The van der Waals surface area contributed by atoms with Crippen molar-refractivity contribution in [3.8, 4) is 0 Å². The molecule has 0 aliphatic heterocycles. The number of alkyl halides is 1. The lowest BCUT2D eigenvalue weighted by Gasteiger charge is -1.99. The van der Waals surface area contributed by atoms with Crippen LogP contribution in [0.25, 0.3) is 0 Å². The molecule has 1 amide bonds. The van der Waals surface area contributed by atoms with Crippen molar-refractivity contribution in [1.82, 2.24) is 15.2 Å². The summed E-state index contributed by atoms with van der Waals surface area (Å²) in [6.07, 6.45) is 3.46. The molecule has 13 heavy (non-hydrogen) atoms. The maximum Gasteiger partial charge on any atom is 0.226 e. The number of anilines is 1. The van der Waals surface area contributed by atoms with Gasteiger partial charge in [0.2, 0.25) is 11.9 Å². The van der Waals surface area contributed by atoms with Crippen molar-refractivity contribution in [3.05, 3.63) is 6.33 Å². The zero-order valence-electron chi connectivity index (χ0n) is 7.09. The van der Waals surface area contributed by atoms with Crippen LogP contribution in [0.5, 0.6) is 0 Å². The first kappa shape index (κ1) is 9.98. The molecule has 1 aromatic rings. The van der Waals surface area contributed by atoms with Crippen LogP contribution in [0.1, 0.15) is 19.3 Å². The predicted molar refractivity (Wildman–Crippen MR) is 49.6 cm³/mol. The van der Waals surface area contributed by atoms with Crippen molar-refractivity contribution < 1.29 is 4.79 Å². The Kier molecular flexibility index (Phi) is 4.25. The van der Waals surface area contributed by atoms with E-state index in [9.17, 15) is 4.79 Å². The number of amides is 1. The van der Waals surface area contributed by atoms with Crippen molar-refractivity contribution in [2.75, 3.05) is 11.2 Å². The molecule has 0 atom stereocenters. The summed E-state index contributed by atoms with van der Waals surface area (Å²) in [5.41, 5.74) is 0. The monoisotopic (exact) mass is 202 g/mol. The summed E-state index contributed by atoms with van der Waals surface area (Å²) < 4.78 is 0. The molecule has 1 heterocycles. The number of aromatic nitrogens is 3. The second-order valence-corrected chi connectivity index (χ2v) is 2.91. The standard InChI is InChI=1S/C7H11ClN4O/c8-4-2-1-3-6(13)11-7-9-5-10-12-7/h5H,1-4H2,(H2,9,10,11,12,13). The molecule has 1 aromatic heterocycles. The zero-order chi connectivity index (χ0) is 9.52. The Morgan fingerprint density at radius 2 is 2.46 bits per heavy atom. The molecule has 72 valence electrons. The van der Waals surface area contributed by atoms with Gasteiger partial charge in [-0.15, -0.1) is 11.6 Å². The molecular formula is C7H11ClN4O. The minimum atomic E-state index is -0.0677. The number of halogens is 1. The first-order valence-corrected chi connectivity index (χ1v) is 4.57. The number of hydrogen-bond acceptors (Lipinski definition) is 3. The van der Waals surface area contributed by atoms with Gasteiger partial charge in [-0.2, -0.15) is 10.1 Å². The van der Waals surface area contributed by atoms with Crippen LogP contribution in [0, 0.1) is 0 Å². The summed E-state index contributed by atoms with van der Waals surface area (Å²) in [4.78, 5) is 14.9. The van der Waals surface area contributed by atoms with E-state index in [2.05, 4.69) is 20.5 Å². The van der Waals surface area contributed by atoms with E-state index in [1.807, 2.05) is 0 Å². The summed E-state index contributed by atoms with van der Waals surface area (Å²) in [5, 5.41) is 8.71. The van der Waals surface area contributed by atoms with E-state index in [0.29, 0.717) is 18.2 Å². The fraction of sp³-hybridized carbons (Fsp3) is 0.571. The van der Waals surface area contributed by atoms with Gasteiger partial charge in [-0.25, -0.2) is 5.10 Å². The molecule has 0 spiro atoms. The van der Waals surface area contributed by atoms with E-state index in [0.717, 1.165) is 12.8 Å². The molecular weight excluding hydrogens is 192 g/mol. The lowest BCUT2D eigenvalue weighted by molar-refractivity contribution is -0.116. The Balaban J connectivity index is 2.18. The molecule has 0 unspecified atom stereocenters. The molecule has 0 saturated carbocycles. The second-order valence-electron chi connectivity index (χ2n) is 2.53. The van der Waals surface area contributed by atoms with Gasteiger partial charge in [-0.3, -0.25) is 10.1 Å². The quantitative estimate of drug-likeness (QED) is 0.556. The summed E-state index contributed by atoms with van der Waals surface area (Å²) in [7, 11) is 0. The van der Waals surface area contributed by atoms with Gasteiger partial charge in [-0.05, 0) is 12.8 Å². The number of nitrogens with one attached hydrogen (secondary N) is 2. The molecule has 5 nitrogen and oxygen atoms in total. The van der Waals surface area contributed by atoms with Gasteiger partial charge in [-0.1, -0.05) is 0 Å². The van der Waals surface area contributed by atoms with Crippen LogP contribution in [0.15, 0.2) is 6.33 Å². The van der Waals surface area contributed by atoms with Crippen molar-refractivity contribution in [1.29, 1.82) is 0 Å². The van der Waals surface area contributed by atoms with E-state index in [-0.39, 0.29) is 5.91 Å². The average Bonchev–Trinajstić information content (AvgIpc) is 2.57. The number of unbranched alkanes of at least 4 members (excludes halogenated alkanes) is 1. The molecule has 0 saturated heterocycles. The van der Waals surface area contributed by atoms with Gasteiger partial charge in [0.05, 0.1) is 0 Å². The van der Waals surface area contributed by atoms with Gasteiger partial charge in [0.1, 0.15) is 6.33 Å². The van der Waals surface area contributed by atoms with Crippen LogP contribution in [-0.2, 0) is 4.79 Å². The van der Waals surface area contributed by atoms with Gasteiger partial charge < -0.3 is 0 Å². The normalized spacial score (nSPS) is 9.92. The Bertz CT molecular complexity index is 249. The highest BCUT2D eigenvalue weighted by atomic mass is 35.5. The maximum atomic E-state index is 11.1. The first-order valence-electron chi connectivity index (χ1n) is 4.04. The lowest BCUT2D eigenvalue weighted by Crippen LogP contribution is -2.12.